The van der Waals surface area contributed by atoms with Crippen molar-refractivity contribution in [3.8, 4) is 0 Å². The van der Waals surface area contributed by atoms with Crippen LogP contribution in [0.5, 0.6) is 0 Å². The zero-order chi connectivity index (χ0) is 18.2. The van der Waals surface area contributed by atoms with Crippen molar-refractivity contribution in [2.75, 3.05) is 6.61 Å². The number of ether oxygens (including phenoxy) is 2. The van der Waals surface area contributed by atoms with Crippen LogP contribution >= 0.6 is 7.82 Å². The van der Waals surface area contributed by atoms with Crippen LogP contribution in [-0.4, -0.2) is 45.3 Å². The Kier molecular flexibility index (Phi) is 7.03. The number of rotatable bonds is 4. The number of H-pyrrole nitrogens is 1. The van der Waals surface area contributed by atoms with Crippen molar-refractivity contribution in [2.45, 2.75) is 44.3 Å². The average molecular weight is 399 g/mol. The van der Waals surface area contributed by atoms with E-state index in [1.165, 1.54) is 6.20 Å². The Bertz CT molecular complexity index is 824. The fraction of sp³-hybridized carbons (Fsp3) is 0.615. The Labute approximate surface area is 169 Å². The predicted molar refractivity (Wildman–Crippen MR) is 80.7 cm³/mol. The summed E-state index contributed by atoms with van der Waals surface area (Å²) in [5, 5.41) is 0. The van der Waals surface area contributed by atoms with E-state index in [1.54, 1.807) is 6.92 Å². The fourth-order valence-electron chi connectivity index (χ4n) is 2.71. The summed E-state index contributed by atoms with van der Waals surface area (Å²) < 4.78 is 33.4. The Morgan fingerprint density at radius 3 is 2.88 bits per heavy atom. The number of fused-ring (bicyclic) bond motifs is 1. The molecule has 0 saturated carbocycles. The Hall–Kier alpha value is -0.780. The van der Waals surface area contributed by atoms with Gasteiger partial charge < -0.3 is 14.4 Å². The second-order valence-electron chi connectivity index (χ2n) is 5.62. The van der Waals surface area contributed by atoms with Gasteiger partial charge in [0, 0.05) is 18.7 Å². The molecule has 5 atom stereocenters. The van der Waals surface area contributed by atoms with Crippen molar-refractivity contribution in [3.63, 3.8) is 0 Å². The van der Waals surface area contributed by atoms with E-state index in [0.29, 0.717) is 6.42 Å². The van der Waals surface area contributed by atoms with Crippen LogP contribution in [0.2, 0.25) is 0 Å². The number of aromatic amines is 1. The zero-order valence-corrected chi connectivity index (χ0v) is 17.1. The minimum Gasteiger partial charge on any atom is -0.455 e. The monoisotopic (exact) mass is 399 g/mol. The minimum atomic E-state index is -4.31. The summed E-state index contributed by atoms with van der Waals surface area (Å²) in [5.41, 5.74) is -1.38. The summed E-state index contributed by atoms with van der Waals surface area (Å²) in [5.74, 6) is -0.568. The maximum absolute atomic E-state index is 12.0. The third kappa shape index (κ3) is 4.55. The first kappa shape index (κ1) is 21.5. The number of hydrogen-bond acceptors (Lipinski definition) is 8. The van der Waals surface area contributed by atoms with Crippen molar-refractivity contribution in [3.05, 3.63) is 33.1 Å². The molecule has 0 bridgehead atoms. The molecule has 1 unspecified atom stereocenters. The first-order chi connectivity index (χ1) is 11.8. The zero-order valence-electron chi connectivity index (χ0n) is 14.2. The second kappa shape index (κ2) is 8.49. The standard InChI is InChI=1S/C13H17N2O9P.Na/c1-2-3-9(17)23-11-10-7(6-21-25(19,20)24-10)22-12(11)15-5-4-8(16)14-13(15)18;/h4-5,7,10-12H,2-3,6H2,1H3,(H,19,20)(H,14,16,18);/q;+1/t7-,10-,11-,12-;/m1./s1. The van der Waals surface area contributed by atoms with Crippen molar-refractivity contribution in [1.82, 2.24) is 9.55 Å². The summed E-state index contributed by atoms with van der Waals surface area (Å²) in [6, 6.07) is 1.10. The fourth-order valence-corrected chi connectivity index (χ4v) is 3.67. The van der Waals surface area contributed by atoms with Gasteiger partial charge in [0.1, 0.15) is 12.2 Å². The van der Waals surface area contributed by atoms with E-state index < -0.39 is 49.6 Å². The van der Waals surface area contributed by atoms with Crippen molar-refractivity contribution in [2.24, 2.45) is 0 Å². The molecule has 1 aromatic heterocycles. The molecule has 2 aliphatic heterocycles. The van der Waals surface area contributed by atoms with Gasteiger partial charge >= 0.3 is 49.0 Å². The van der Waals surface area contributed by atoms with Gasteiger partial charge in [0.25, 0.3) is 5.56 Å². The molecule has 0 aromatic carbocycles. The molecule has 2 aliphatic rings. The Morgan fingerprint density at radius 2 is 2.23 bits per heavy atom. The van der Waals surface area contributed by atoms with Crippen LogP contribution in [-0.2, 0) is 27.9 Å². The Morgan fingerprint density at radius 1 is 1.50 bits per heavy atom. The number of phosphoric ester groups is 1. The van der Waals surface area contributed by atoms with Crippen LogP contribution < -0.4 is 40.8 Å². The molecule has 11 nitrogen and oxygen atoms in total. The van der Waals surface area contributed by atoms with Crippen LogP contribution in [0.4, 0.5) is 0 Å². The summed E-state index contributed by atoms with van der Waals surface area (Å²) in [6.45, 7) is 1.51. The molecule has 0 spiro atoms. The molecule has 2 fully saturated rings. The number of carbonyl (C=O) groups is 1. The van der Waals surface area contributed by atoms with Gasteiger partial charge in [-0.1, -0.05) is 6.92 Å². The molecule has 3 heterocycles. The minimum absolute atomic E-state index is 0. The summed E-state index contributed by atoms with van der Waals surface area (Å²) in [7, 11) is -4.31. The maximum Gasteiger partial charge on any atom is 1.00 e. The average Bonchev–Trinajstić information content (AvgIpc) is 2.84. The second-order valence-corrected chi connectivity index (χ2v) is 7.03. The van der Waals surface area contributed by atoms with Gasteiger partial charge in [0.15, 0.2) is 12.3 Å². The summed E-state index contributed by atoms with van der Waals surface area (Å²) >= 11 is 0. The van der Waals surface area contributed by atoms with Gasteiger partial charge in [0.05, 0.1) is 6.61 Å². The number of carbonyl (C=O) groups excluding carboxylic acids is 1. The molecule has 2 saturated heterocycles. The largest absolute Gasteiger partial charge is 1.00 e. The van der Waals surface area contributed by atoms with E-state index >= 15 is 0 Å². The van der Waals surface area contributed by atoms with Gasteiger partial charge in [-0.2, -0.15) is 0 Å². The number of hydrogen-bond donors (Lipinski definition) is 2. The molecule has 0 radical (unpaired) electrons. The van der Waals surface area contributed by atoms with E-state index in [9.17, 15) is 23.8 Å². The van der Waals surface area contributed by atoms with E-state index in [2.05, 4.69) is 4.98 Å². The van der Waals surface area contributed by atoms with Gasteiger partial charge in [-0.05, 0) is 6.42 Å². The molecule has 26 heavy (non-hydrogen) atoms. The third-order valence-electron chi connectivity index (χ3n) is 3.79. The van der Waals surface area contributed by atoms with Gasteiger partial charge in [0.2, 0.25) is 0 Å². The van der Waals surface area contributed by atoms with Gasteiger partial charge in [-0.3, -0.25) is 28.2 Å². The molecular weight excluding hydrogens is 382 g/mol. The van der Waals surface area contributed by atoms with Gasteiger partial charge in [-0.15, -0.1) is 0 Å². The molecule has 0 amide bonds. The summed E-state index contributed by atoms with van der Waals surface area (Å²) in [4.78, 5) is 46.8. The molecule has 13 heteroatoms. The molecule has 0 aliphatic carbocycles. The number of nitrogens with zero attached hydrogens (tertiary/aromatic N) is 1. The predicted octanol–water partition coefficient (Wildman–Crippen LogP) is -3.33. The van der Waals surface area contributed by atoms with Gasteiger partial charge in [-0.25, -0.2) is 9.36 Å². The number of phosphoric acid groups is 1. The van der Waals surface area contributed by atoms with E-state index in [-0.39, 0.29) is 42.6 Å². The van der Waals surface area contributed by atoms with Crippen LogP contribution in [0.3, 0.4) is 0 Å². The smallest absolute Gasteiger partial charge is 0.455 e. The third-order valence-corrected chi connectivity index (χ3v) is 4.77. The topological polar surface area (TPSA) is 146 Å². The molecular formula is C13H17N2NaO9P+. The first-order valence-electron chi connectivity index (χ1n) is 7.63. The number of esters is 1. The van der Waals surface area contributed by atoms with E-state index in [0.717, 1.165) is 10.6 Å². The molecule has 1 aromatic rings. The van der Waals surface area contributed by atoms with E-state index in [1.807, 2.05) is 0 Å². The SMILES string of the molecule is CCCC(=O)O[C@@H]1[C@@H]2OP(=O)(O)OC[C@H]2O[C@H]1n1ccc(=O)[nH]c1=O.[Na+]. The molecule has 2 N–H and O–H groups in total. The van der Waals surface area contributed by atoms with Crippen LogP contribution in [0.15, 0.2) is 21.9 Å². The number of aromatic nitrogens is 2. The van der Waals surface area contributed by atoms with Crippen LogP contribution in [0.1, 0.15) is 26.0 Å². The number of nitrogens with one attached hydrogen (secondary N) is 1. The maximum atomic E-state index is 12.0. The van der Waals surface area contributed by atoms with E-state index in [4.69, 9.17) is 18.5 Å². The van der Waals surface area contributed by atoms with Crippen LogP contribution in [0, 0.1) is 0 Å². The normalized spacial score (nSPS) is 33.2. The molecule has 3 rings (SSSR count). The quantitative estimate of drug-likeness (QED) is 0.301. The van der Waals surface area contributed by atoms with Crippen molar-refractivity contribution < 1.29 is 62.3 Å². The van der Waals surface area contributed by atoms with Crippen molar-refractivity contribution >= 4 is 13.8 Å². The van der Waals surface area contributed by atoms with Crippen LogP contribution in [0.25, 0.3) is 0 Å². The molecule has 138 valence electrons. The van der Waals surface area contributed by atoms with Crippen molar-refractivity contribution in [1.29, 1.82) is 0 Å². The first-order valence-corrected chi connectivity index (χ1v) is 9.12. The summed E-state index contributed by atoms with van der Waals surface area (Å²) in [6.07, 6.45) is -2.37. The Balaban J connectivity index is 0.00000243.